The summed E-state index contributed by atoms with van der Waals surface area (Å²) in [6, 6.07) is 3.04. The Labute approximate surface area is 178 Å². The average Bonchev–Trinajstić information content (AvgIpc) is 3.32. The topological polar surface area (TPSA) is 107 Å². The van der Waals surface area contributed by atoms with E-state index in [-0.39, 0.29) is 17.2 Å². The van der Waals surface area contributed by atoms with E-state index >= 15 is 0 Å². The van der Waals surface area contributed by atoms with Gasteiger partial charge < -0.3 is 24.2 Å². The zero-order valence-electron chi connectivity index (χ0n) is 17.5. The van der Waals surface area contributed by atoms with Gasteiger partial charge in [0.2, 0.25) is 11.8 Å². The van der Waals surface area contributed by atoms with E-state index in [4.69, 9.17) is 14.0 Å². The molecule has 30 heavy (non-hydrogen) atoms. The number of carbonyl (C=O) groups is 2. The molecule has 0 spiro atoms. The van der Waals surface area contributed by atoms with E-state index in [1.807, 2.05) is 19.9 Å². The smallest absolute Gasteiger partial charge is 0.260 e. The Morgan fingerprint density at radius 3 is 2.73 bits per heavy atom. The van der Waals surface area contributed by atoms with Gasteiger partial charge in [-0.25, -0.2) is 0 Å². The van der Waals surface area contributed by atoms with Gasteiger partial charge in [0.25, 0.3) is 5.91 Å². The molecule has 2 aromatic rings. The molecule has 2 atom stereocenters. The van der Waals surface area contributed by atoms with Crippen molar-refractivity contribution in [1.82, 2.24) is 20.4 Å². The number of nitrogens with zero attached hydrogens (tertiary/aromatic N) is 3. The van der Waals surface area contributed by atoms with Crippen molar-refractivity contribution < 1.29 is 23.6 Å². The largest absolute Gasteiger partial charge is 0.493 e. The summed E-state index contributed by atoms with van der Waals surface area (Å²) in [7, 11) is 3.04. The van der Waals surface area contributed by atoms with E-state index in [0.717, 1.165) is 5.56 Å². The van der Waals surface area contributed by atoms with Crippen LogP contribution in [0.25, 0.3) is 0 Å². The van der Waals surface area contributed by atoms with Crippen molar-refractivity contribution in [3.63, 3.8) is 0 Å². The summed E-state index contributed by atoms with van der Waals surface area (Å²) >= 11 is 1.59. The van der Waals surface area contributed by atoms with Crippen molar-refractivity contribution >= 4 is 23.6 Å². The van der Waals surface area contributed by atoms with Gasteiger partial charge in [0, 0.05) is 23.3 Å². The molecule has 10 heteroatoms. The molecule has 1 saturated heterocycles. The Morgan fingerprint density at radius 2 is 2.10 bits per heavy atom. The second-order valence-electron chi connectivity index (χ2n) is 7.73. The maximum absolute atomic E-state index is 13.4. The third-order valence-electron chi connectivity index (χ3n) is 5.35. The molecular formula is C20H24N4O5S. The highest BCUT2D eigenvalue weighted by Crippen LogP contribution is 2.58. The maximum atomic E-state index is 13.4. The van der Waals surface area contributed by atoms with Crippen molar-refractivity contribution in [3.8, 4) is 11.5 Å². The van der Waals surface area contributed by atoms with Crippen LogP contribution in [0.1, 0.15) is 46.9 Å². The third-order valence-corrected chi connectivity index (χ3v) is 6.89. The van der Waals surface area contributed by atoms with Crippen LogP contribution in [0, 0.1) is 6.92 Å². The van der Waals surface area contributed by atoms with Gasteiger partial charge >= 0.3 is 0 Å². The summed E-state index contributed by atoms with van der Waals surface area (Å²) in [6.07, 6.45) is 0.426. The second kappa shape index (κ2) is 7.50. The second-order valence-corrected chi connectivity index (χ2v) is 9.46. The molecule has 9 nitrogen and oxygen atoms in total. The number of benzene rings is 1. The molecule has 0 saturated carbocycles. The highest BCUT2D eigenvalue weighted by atomic mass is 32.2. The van der Waals surface area contributed by atoms with Crippen LogP contribution in [-0.4, -0.2) is 58.4 Å². The van der Waals surface area contributed by atoms with Crippen LogP contribution < -0.4 is 14.8 Å². The zero-order chi connectivity index (χ0) is 21.6. The van der Waals surface area contributed by atoms with E-state index in [9.17, 15) is 9.59 Å². The number of aromatic nitrogens is 2. The van der Waals surface area contributed by atoms with E-state index in [1.165, 1.54) is 14.2 Å². The van der Waals surface area contributed by atoms with E-state index in [0.29, 0.717) is 41.7 Å². The first-order valence-electron chi connectivity index (χ1n) is 9.60. The number of amides is 2. The number of nitrogens with one attached hydrogen (secondary N) is 1. The molecule has 0 aliphatic carbocycles. The number of rotatable bonds is 6. The molecule has 2 aliphatic rings. The van der Waals surface area contributed by atoms with Crippen LogP contribution in [0.15, 0.2) is 16.7 Å². The predicted octanol–water partition coefficient (Wildman–Crippen LogP) is 2.10. The quantitative estimate of drug-likeness (QED) is 0.740. The van der Waals surface area contributed by atoms with Gasteiger partial charge in [-0.05, 0) is 26.8 Å². The summed E-state index contributed by atoms with van der Waals surface area (Å²) in [5, 5.41) is 6.41. The van der Waals surface area contributed by atoms with Gasteiger partial charge in [0.05, 0.1) is 19.8 Å². The lowest BCUT2D eigenvalue weighted by Crippen LogP contribution is -2.52. The lowest BCUT2D eigenvalue weighted by Gasteiger charge is -2.29. The van der Waals surface area contributed by atoms with Gasteiger partial charge in [-0.3, -0.25) is 9.59 Å². The summed E-state index contributed by atoms with van der Waals surface area (Å²) < 4.78 is 15.4. The van der Waals surface area contributed by atoms with Gasteiger partial charge in [0.1, 0.15) is 11.4 Å². The van der Waals surface area contributed by atoms with Crippen LogP contribution in [0.4, 0.5) is 0 Å². The Morgan fingerprint density at radius 1 is 1.33 bits per heavy atom. The number of hydrogen-bond acceptors (Lipinski definition) is 8. The van der Waals surface area contributed by atoms with Gasteiger partial charge in [-0.15, -0.1) is 11.8 Å². The van der Waals surface area contributed by atoms with Gasteiger partial charge in [-0.1, -0.05) is 11.2 Å². The standard InChI is InChI=1S/C20H24N4O5S/c1-10-22-13(29-23-10)8-9-21-17(25)16-20(2,3)30-19-11-6-7-12(27-4)15(28-5)14(11)18(26)24(16)19/h6-7,16,19H,8-9H2,1-5H3,(H,21,25). The molecule has 1 aromatic heterocycles. The number of ether oxygens (including phenoxy) is 2. The van der Waals surface area contributed by atoms with Crippen LogP contribution in [0.5, 0.6) is 11.5 Å². The molecule has 2 amide bonds. The first-order valence-corrected chi connectivity index (χ1v) is 10.5. The molecule has 2 aliphatic heterocycles. The molecular weight excluding hydrogens is 408 g/mol. The minimum Gasteiger partial charge on any atom is -0.493 e. The minimum absolute atomic E-state index is 0.210. The van der Waals surface area contributed by atoms with Crippen molar-refractivity contribution in [2.45, 2.75) is 43.4 Å². The molecule has 160 valence electrons. The summed E-state index contributed by atoms with van der Waals surface area (Å²) in [5.74, 6) is 1.48. The SMILES string of the molecule is COc1ccc2c(c1OC)C(=O)N1C2SC(C)(C)C1C(=O)NCCc1nc(C)no1. The highest BCUT2D eigenvalue weighted by Gasteiger charge is 2.58. The fourth-order valence-electron chi connectivity index (χ4n) is 4.09. The van der Waals surface area contributed by atoms with Crippen molar-refractivity contribution in [3.05, 3.63) is 35.0 Å². The highest BCUT2D eigenvalue weighted by molar-refractivity contribution is 8.01. The molecule has 0 radical (unpaired) electrons. The fraction of sp³-hybridized carbons (Fsp3) is 0.500. The molecule has 1 aromatic carbocycles. The predicted molar refractivity (Wildman–Crippen MR) is 110 cm³/mol. The Bertz CT molecular complexity index is 1010. The van der Waals surface area contributed by atoms with Crippen LogP contribution in [0.2, 0.25) is 0 Å². The number of aryl methyl sites for hydroxylation is 1. The molecule has 2 unspecified atom stereocenters. The monoisotopic (exact) mass is 432 g/mol. The van der Waals surface area contributed by atoms with Crippen LogP contribution >= 0.6 is 11.8 Å². The lowest BCUT2D eigenvalue weighted by atomic mass is 10.0. The lowest BCUT2D eigenvalue weighted by molar-refractivity contribution is -0.126. The first-order chi connectivity index (χ1) is 14.3. The number of hydrogen-bond donors (Lipinski definition) is 1. The number of methoxy groups -OCH3 is 2. The Hall–Kier alpha value is -2.75. The average molecular weight is 433 g/mol. The number of carbonyl (C=O) groups excluding carboxylic acids is 2. The summed E-state index contributed by atoms with van der Waals surface area (Å²) in [5.41, 5.74) is 1.30. The van der Waals surface area contributed by atoms with E-state index < -0.39 is 10.8 Å². The molecule has 1 fully saturated rings. The van der Waals surface area contributed by atoms with Crippen molar-refractivity contribution in [2.24, 2.45) is 0 Å². The fourth-order valence-corrected chi connectivity index (χ4v) is 5.67. The molecule has 0 bridgehead atoms. The Kier molecular flexibility index (Phi) is 5.13. The molecule has 1 N–H and O–H groups in total. The van der Waals surface area contributed by atoms with Gasteiger partial charge in [-0.2, -0.15) is 4.98 Å². The van der Waals surface area contributed by atoms with E-state index in [1.54, 1.807) is 29.7 Å². The van der Waals surface area contributed by atoms with Gasteiger partial charge in [0.15, 0.2) is 17.3 Å². The zero-order valence-corrected chi connectivity index (χ0v) is 18.3. The summed E-state index contributed by atoms with van der Waals surface area (Å²) in [4.78, 5) is 32.3. The van der Waals surface area contributed by atoms with Crippen molar-refractivity contribution in [1.29, 1.82) is 0 Å². The first kappa shape index (κ1) is 20.5. The van der Waals surface area contributed by atoms with E-state index in [2.05, 4.69) is 15.5 Å². The minimum atomic E-state index is -0.632. The molecule has 4 rings (SSSR count). The normalized spacial score (nSPS) is 21.4. The summed E-state index contributed by atoms with van der Waals surface area (Å²) in [6.45, 7) is 6.04. The van der Waals surface area contributed by atoms with Crippen LogP contribution in [-0.2, 0) is 11.2 Å². The molecule has 3 heterocycles. The maximum Gasteiger partial charge on any atom is 0.260 e. The number of fused-ring (bicyclic) bond motifs is 3. The van der Waals surface area contributed by atoms with Crippen LogP contribution in [0.3, 0.4) is 0 Å². The number of thioether (sulfide) groups is 1. The Balaban J connectivity index is 1.57. The third kappa shape index (κ3) is 3.19. The van der Waals surface area contributed by atoms with Crippen molar-refractivity contribution in [2.75, 3.05) is 20.8 Å².